The van der Waals surface area contributed by atoms with Gasteiger partial charge in [-0.1, -0.05) is 185 Å². The number of carbonyl (C=O) groups excluding carboxylic acids is 2. The van der Waals surface area contributed by atoms with Crippen LogP contribution in [0.25, 0.3) is 37.9 Å². The van der Waals surface area contributed by atoms with Crippen LogP contribution < -0.4 is 45.4 Å². The Hall–Kier alpha value is -9.64. The summed E-state index contributed by atoms with van der Waals surface area (Å²) < 4.78 is 26.3. The number of carbonyl (C=O) groups is 3. The summed E-state index contributed by atoms with van der Waals surface area (Å²) in [6.45, 7) is 11.1. The van der Waals surface area contributed by atoms with Crippen LogP contribution in [0.2, 0.25) is 56.8 Å². The topological polar surface area (TPSA) is 639 Å². The number of aliphatic hydroxyl groups is 1. The molecule has 0 saturated heterocycles. The van der Waals surface area contributed by atoms with Gasteiger partial charge in [0.2, 0.25) is 21.5 Å². The fourth-order valence-corrected chi connectivity index (χ4v) is 9.24. The number of hydrogen-bond donors (Lipinski definition) is 10. The molecule has 0 unspecified atom stereocenters. The third-order valence-electron chi connectivity index (χ3n) is 12.5. The first-order valence-corrected chi connectivity index (χ1v) is 48.8. The second-order valence-electron chi connectivity index (χ2n) is 21.0. The summed E-state index contributed by atoms with van der Waals surface area (Å²) in [5.74, 6) is -1.60. The molecule has 134 heavy (non-hydrogen) atoms. The van der Waals surface area contributed by atoms with Gasteiger partial charge in [0, 0.05) is 29.6 Å². The van der Waals surface area contributed by atoms with Crippen molar-refractivity contribution in [3.05, 3.63) is 317 Å². The number of nitrogens with zero attached hydrogens (tertiary/aromatic N) is 18. The van der Waals surface area contributed by atoms with E-state index in [-0.39, 0.29) is 161 Å². The van der Waals surface area contributed by atoms with Crippen molar-refractivity contribution < 1.29 is 78.6 Å². The minimum absolute atomic E-state index is 0. The number of H-pyrrole nitrogens is 1. The fourth-order valence-electron chi connectivity index (χ4n) is 7.47. The van der Waals surface area contributed by atoms with E-state index in [1.54, 1.807) is 54.7 Å². The van der Waals surface area contributed by atoms with Gasteiger partial charge in [0.25, 0.3) is 11.6 Å². The zero-order chi connectivity index (χ0) is 96.1. The van der Waals surface area contributed by atoms with Crippen LogP contribution in [-0.2, 0) is 50.7 Å². The Balaban J connectivity index is -0.000000264. The molecule has 60 heteroatoms. The molecule has 0 spiro atoms. The number of halogens is 17. The van der Waals surface area contributed by atoms with E-state index in [1.165, 1.54) is 60.9 Å². The molecule has 0 atom stereocenters. The van der Waals surface area contributed by atoms with Crippen molar-refractivity contribution in [2.45, 2.75) is 43.7 Å². The first kappa shape index (κ1) is 137. The number of nitrogen functional groups attached to an aromatic ring is 5. The number of pyridine rings is 9. The molecular weight excluding hydrogens is 2330 g/mol. The Morgan fingerprint density at radius 1 is 0.522 bits per heavy atom. The molecule has 16 N–H and O–H groups in total. The van der Waals surface area contributed by atoms with Crippen LogP contribution in [0.5, 0.6) is 0 Å². The number of aromatic nitrogens is 15. The molecule has 12 heterocycles. The molecule has 2 aromatic carbocycles. The predicted molar refractivity (Wildman–Crippen MR) is 530 cm³/mol. The third-order valence-corrected chi connectivity index (χ3v) is 14.9. The molecule has 14 rings (SSSR count). The van der Waals surface area contributed by atoms with Gasteiger partial charge in [-0.3, -0.25) is 34.4 Å². The number of amides is 1. The number of aliphatic hydroxyl groups excluding tert-OH is 1. The maximum atomic E-state index is 10.7. The van der Waals surface area contributed by atoms with Gasteiger partial charge in [0.05, 0.1) is 80.0 Å². The average molecular weight is 2400 g/mol. The van der Waals surface area contributed by atoms with Crippen molar-refractivity contribution in [2.75, 3.05) is 34.0 Å². The molecule has 39 nitrogen and oxygen atoms in total. The number of fused-ring (bicyclic) bond motifs is 3. The SMILES string of the molecule is C.C.C.C.C.Cl.Clc1ccc2nc(Cl)ncc2n1.Clc1ccc2nc(Nc3ccccc3)ncc2n1.NC(=O)c1nc(Cl)ccc1N.Nc1ccc(Cl)nc1C(=O)O.Nc1ccc(Cl)nc1C=O.Nc1ccc(Cl)nc1CO.Nc1ccccc1.O=P(Cl)(Cl)Cl.O=[N+]([O-])c1ccc(Cl)nc1Cl.O=c1ncc2nc(Cl)ccc2[nH]1.[C-]#N.[C-]#[N+]c1nc(Cl)ccc1[N+](=O)[O-].[Cl][Sn][Cl].[Cu+].[O]=[Mn]=[O]. The first-order chi connectivity index (χ1) is 60.0. The van der Waals surface area contributed by atoms with Crippen LogP contribution in [0.15, 0.2) is 193 Å². The van der Waals surface area contributed by atoms with Gasteiger partial charge in [-0.05, 0) is 172 Å². The Labute approximate surface area is 874 Å². The van der Waals surface area contributed by atoms with Crippen LogP contribution in [0, 0.1) is 38.6 Å². The van der Waals surface area contributed by atoms with Crippen molar-refractivity contribution in [3.8, 4) is 0 Å². The van der Waals surface area contributed by atoms with E-state index < -0.39 is 60.6 Å². The van der Waals surface area contributed by atoms with Gasteiger partial charge in [0.1, 0.15) is 63.5 Å². The molecule has 0 saturated carbocycles. The van der Waals surface area contributed by atoms with E-state index >= 15 is 0 Å². The van der Waals surface area contributed by atoms with Crippen molar-refractivity contribution >= 4 is 324 Å². The van der Waals surface area contributed by atoms with Crippen LogP contribution in [0.3, 0.4) is 0 Å². The standard InChI is InChI=1S/C13H9ClN4.C7H3Cl2N3.C7H4ClN3O.C6H2ClN3O2.C6H6ClN3O.C6H5ClN2O2.C6H7ClN2O.C6H5ClN2O.C6H7N.C5H2Cl2N2O2.CN.5CH4.Cl3OP.3ClH.Cu.Mn.2O.Sn/c14-12-7-6-10-11(17-12)8-15-13(18-10)16-9-4-2-1-3-5-9;8-6-2-1-4-5(11-6)3-10-7(9)12-4;8-6-2-1-4-5(10-6)3-9-7(12)11-4;1-8-6-4(10(11)12)2-3-5(7)9-6;7-4-2-1-3(8)5(10-4)6(9)11;7-4-2-1-3(8)5(9-4)6(10)11;2*7-6-2-1-4(8)5(3-10)9-6;7-6-4-2-1-3-5-6;6-4-2-1-3(9(10)11)5(7)8-4;1-2;;;;;;1-5(2,3)4;;;;;;;;/h1-8H,(H,15,16,18);1-3H;1-3H,(H,9,11,12);2-3H;1-2H,8H2,(H2,9,11);1-2H,8H2,(H,10,11);1-2,10H,3,8H2;1-3H,8H2;1-5H,7H2;1-2H;;5*1H4;;3*1H;;;;;/q;;;;;;;;;;-1;;;;;;;;;;+1;;;;+2/p-2. The normalized spacial score (nSPS) is 9.00. The summed E-state index contributed by atoms with van der Waals surface area (Å²) in [5, 5.41) is 46.2. The Bertz CT molecular complexity index is 6120. The maximum absolute atomic E-state index is 10.7. The van der Waals surface area contributed by atoms with Crippen molar-refractivity contribution in [1.82, 2.24) is 74.8 Å². The van der Waals surface area contributed by atoms with Crippen LogP contribution in [0.1, 0.15) is 74.3 Å². The molecule has 0 aliphatic carbocycles. The van der Waals surface area contributed by atoms with E-state index in [2.05, 4.69) is 119 Å². The second-order valence-corrected chi connectivity index (χ2v) is 36.3. The number of rotatable bonds is 8. The molecule has 2 radical (unpaired) electrons. The van der Waals surface area contributed by atoms with Gasteiger partial charge in [-0.15, -0.1) is 17.4 Å². The number of nitrogens with two attached hydrogens (primary N) is 6. The van der Waals surface area contributed by atoms with Crippen LogP contribution >= 0.6 is 197 Å². The Kier molecular flexibility index (Phi) is 77.5. The van der Waals surface area contributed by atoms with Gasteiger partial charge >= 0.3 is 105 Å². The van der Waals surface area contributed by atoms with E-state index in [0.29, 0.717) is 77.5 Å². The van der Waals surface area contributed by atoms with Gasteiger partial charge in [-0.25, -0.2) is 69.4 Å². The fraction of sp³-hybridized carbons (Fsp3) is 0.0811. The summed E-state index contributed by atoms with van der Waals surface area (Å²) in [4.78, 5) is 120. The van der Waals surface area contributed by atoms with E-state index in [4.69, 9.17) is 216 Å². The molecule has 1 amide bonds. The van der Waals surface area contributed by atoms with Crippen molar-refractivity contribution in [2.24, 2.45) is 5.73 Å². The third kappa shape index (κ3) is 57.9. The summed E-state index contributed by atoms with van der Waals surface area (Å²) in [5.41, 5.74) is 38.1. The monoisotopic (exact) mass is 2390 g/mol. The number of nitrogens with one attached hydrogen (secondary N) is 2. The quantitative estimate of drug-likeness (QED) is 0.00777. The molecule has 0 bridgehead atoms. The zero-order valence-electron chi connectivity index (χ0n) is 63.2. The second kappa shape index (κ2) is 75.5. The minimum atomic E-state index is -3.22. The van der Waals surface area contributed by atoms with Gasteiger partial charge in [0.15, 0.2) is 17.7 Å². The van der Waals surface area contributed by atoms with Crippen LogP contribution in [-0.4, -0.2) is 132 Å². The Morgan fingerprint density at radius 3 is 1.31 bits per heavy atom. The summed E-state index contributed by atoms with van der Waals surface area (Å²) in [6, 6.07) is 46.5. The predicted octanol–water partition coefficient (Wildman–Crippen LogP) is 23.1. The molecular formula is C74H71Cl17CuMnN26O13PSn. The van der Waals surface area contributed by atoms with E-state index in [0.717, 1.165) is 23.0 Å². The molecule has 0 aliphatic rings. The van der Waals surface area contributed by atoms with Gasteiger partial charge < -0.3 is 71.6 Å². The summed E-state index contributed by atoms with van der Waals surface area (Å²) in [6.07, 6.45) is 5.15. The number of anilines is 7. The number of primary amides is 1. The number of benzene rings is 2. The van der Waals surface area contributed by atoms with Crippen molar-refractivity contribution in [1.29, 1.82) is 5.26 Å². The zero-order valence-corrected chi connectivity index (χ0v) is 81.9. The Morgan fingerprint density at radius 2 is 0.896 bits per heavy atom. The van der Waals surface area contributed by atoms with Crippen LogP contribution in [0.4, 0.5) is 57.3 Å². The number of hydrogen-bond acceptors (Lipinski definition) is 33. The molecule has 721 valence electrons. The summed E-state index contributed by atoms with van der Waals surface area (Å²) >= 11 is 72.4. The first-order valence-electron chi connectivity index (χ1n) is 32.1. The number of nitro groups is 2. The van der Waals surface area contributed by atoms with E-state index in [9.17, 15) is 44.0 Å². The average Bonchev–Trinajstić information content (AvgIpc) is 0.835. The van der Waals surface area contributed by atoms with E-state index in [1.807, 2.05) is 66.7 Å². The van der Waals surface area contributed by atoms with Crippen molar-refractivity contribution in [3.63, 3.8) is 0 Å². The molecule has 0 fully saturated rings. The molecule has 12 aromatic heterocycles. The molecule has 0 aliphatic heterocycles. The number of aromatic carboxylic acids is 1. The number of aldehydes is 1. The number of carboxylic acid groups (broad SMARTS) is 1. The molecule has 14 aromatic rings. The number of carboxylic acids is 1. The van der Waals surface area contributed by atoms with Gasteiger partial charge in [-0.2, -0.15) is 4.98 Å². The number of para-hydroxylation sites is 2. The number of aromatic amines is 1. The summed E-state index contributed by atoms with van der Waals surface area (Å²) in [7, 11) is 9.87.